The number of carbonyl (C=O) groups excluding carboxylic acids is 1. The molecule has 0 aliphatic heterocycles. The molecule has 0 aromatic heterocycles. The number of hydrogen-bond donors (Lipinski definition) is 1. The second-order valence-electron chi connectivity index (χ2n) is 3.42. The first kappa shape index (κ1) is 13.7. The molecule has 0 heterocycles. The average molecular weight is 255 g/mol. The predicted octanol–water partition coefficient (Wildman–Crippen LogP) is 2.32. The highest BCUT2D eigenvalue weighted by molar-refractivity contribution is 8.00. The van der Waals surface area contributed by atoms with Crippen molar-refractivity contribution in [2.45, 2.75) is 24.0 Å². The van der Waals surface area contributed by atoms with Crippen molar-refractivity contribution in [2.75, 3.05) is 19.5 Å². The molecule has 1 rings (SSSR count). The van der Waals surface area contributed by atoms with Gasteiger partial charge < -0.3 is 15.2 Å². The van der Waals surface area contributed by atoms with E-state index in [9.17, 15) is 4.79 Å². The van der Waals surface area contributed by atoms with Crippen LogP contribution in [0.25, 0.3) is 0 Å². The Bertz CT molecular complexity index is 395. The van der Waals surface area contributed by atoms with E-state index in [1.165, 1.54) is 11.8 Å². The molecule has 0 aliphatic rings. The number of thioether (sulfide) groups is 1. The molecule has 1 aromatic carbocycles. The third-order valence-corrected chi connectivity index (χ3v) is 3.25. The molecule has 0 spiro atoms. The summed E-state index contributed by atoms with van der Waals surface area (Å²) in [6, 6.07) is 5.36. The lowest BCUT2D eigenvalue weighted by molar-refractivity contribution is -0.142. The van der Waals surface area contributed by atoms with Crippen LogP contribution < -0.4 is 10.5 Å². The van der Waals surface area contributed by atoms with Crippen molar-refractivity contribution in [3.63, 3.8) is 0 Å². The number of ether oxygens (including phenoxy) is 2. The Morgan fingerprint density at radius 1 is 1.53 bits per heavy atom. The molecule has 1 unspecified atom stereocenters. The van der Waals surface area contributed by atoms with Crippen LogP contribution in [-0.4, -0.2) is 24.9 Å². The maximum atomic E-state index is 11.5. The van der Waals surface area contributed by atoms with Crippen LogP contribution in [0.3, 0.4) is 0 Å². The monoisotopic (exact) mass is 255 g/mol. The van der Waals surface area contributed by atoms with E-state index in [4.69, 9.17) is 15.2 Å². The smallest absolute Gasteiger partial charge is 0.319 e. The van der Waals surface area contributed by atoms with Crippen molar-refractivity contribution in [2.24, 2.45) is 0 Å². The molecular formula is C12H17NO3S. The second kappa shape index (κ2) is 6.39. The van der Waals surface area contributed by atoms with Gasteiger partial charge in [-0.2, -0.15) is 0 Å². The second-order valence-corrected chi connectivity index (χ2v) is 4.81. The Morgan fingerprint density at radius 2 is 2.24 bits per heavy atom. The number of methoxy groups -OCH3 is 1. The number of anilines is 1. The summed E-state index contributed by atoms with van der Waals surface area (Å²) in [5.41, 5.74) is 6.29. The van der Waals surface area contributed by atoms with Gasteiger partial charge in [-0.25, -0.2) is 0 Å². The number of benzene rings is 1. The predicted molar refractivity (Wildman–Crippen MR) is 69.4 cm³/mol. The molecule has 0 saturated heterocycles. The van der Waals surface area contributed by atoms with Crippen LogP contribution >= 0.6 is 11.8 Å². The summed E-state index contributed by atoms with van der Waals surface area (Å²) in [6.07, 6.45) is 0. The normalized spacial score (nSPS) is 11.9. The Labute approximate surface area is 105 Å². The topological polar surface area (TPSA) is 61.5 Å². The van der Waals surface area contributed by atoms with Gasteiger partial charge in [0.15, 0.2) is 0 Å². The van der Waals surface area contributed by atoms with Crippen molar-refractivity contribution in [1.82, 2.24) is 0 Å². The number of carbonyl (C=O) groups is 1. The zero-order valence-electron chi connectivity index (χ0n) is 10.2. The largest absolute Gasteiger partial charge is 0.496 e. The molecule has 5 heteroatoms. The summed E-state index contributed by atoms with van der Waals surface area (Å²) in [5, 5.41) is -0.271. The summed E-state index contributed by atoms with van der Waals surface area (Å²) in [6.45, 7) is 3.99. The highest BCUT2D eigenvalue weighted by atomic mass is 32.2. The van der Waals surface area contributed by atoms with E-state index in [-0.39, 0.29) is 11.2 Å². The van der Waals surface area contributed by atoms with Gasteiger partial charge in [0.25, 0.3) is 0 Å². The van der Waals surface area contributed by atoms with Gasteiger partial charge in [0, 0.05) is 11.8 Å². The van der Waals surface area contributed by atoms with Crippen molar-refractivity contribution >= 4 is 23.4 Å². The minimum Gasteiger partial charge on any atom is -0.496 e. The third kappa shape index (κ3) is 3.85. The molecule has 0 bridgehead atoms. The average Bonchev–Trinajstić information content (AvgIpc) is 2.31. The summed E-state index contributed by atoms with van der Waals surface area (Å²) in [7, 11) is 1.58. The Hall–Kier alpha value is -1.36. The zero-order valence-corrected chi connectivity index (χ0v) is 11.0. The van der Waals surface area contributed by atoms with E-state index in [1.54, 1.807) is 33.1 Å². The molecule has 4 nitrogen and oxygen atoms in total. The van der Waals surface area contributed by atoms with Crippen LogP contribution in [0.1, 0.15) is 13.8 Å². The fourth-order valence-electron chi connectivity index (χ4n) is 1.28. The number of esters is 1. The fraction of sp³-hybridized carbons (Fsp3) is 0.417. The van der Waals surface area contributed by atoms with E-state index >= 15 is 0 Å². The van der Waals surface area contributed by atoms with E-state index in [0.29, 0.717) is 18.0 Å². The summed E-state index contributed by atoms with van der Waals surface area (Å²) >= 11 is 1.40. The van der Waals surface area contributed by atoms with Crippen LogP contribution in [0.5, 0.6) is 5.75 Å². The Morgan fingerprint density at radius 3 is 2.82 bits per heavy atom. The van der Waals surface area contributed by atoms with Gasteiger partial charge in [-0.05, 0) is 26.0 Å². The Balaban J connectivity index is 2.77. The van der Waals surface area contributed by atoms with Gasteiger partial charge in [-0.15, -0.1) is 11.8 Å². The zero-order chi connectivity index (χ0) is 12.8. The van der Waals surface area contributed by atoms with Crippen molar-refractivity contribution in [1.29, 1.82) is 0 Å². The minimum absolute atomic E-state index is 0.226. The lowest BCUT2D eigenvalue weighted by Crippen LogP contribution is -2.16. The maximum Gasteiger partial charge on any atom is 0.319 e. The molecule has 94 valence electrons. The molecule has 0 fully saturated rings. The van der Waals surface area contributed by atoms with Crippen LogP contribution in [0.4, 0.5) is 5.69 Å². The number of rotatable bonds is 5. The molecule has 0 saturated carbocycles. The van der Waals surface area contributed by atoms with E-state index in [1.807, 2.05) is 6.07 Å². The lowest BCUT2D eigenvalue weighted by Gasteiger charge is -2.13. The highest BCUT2D eigenvalue weighted by Gasteiger charge is 2.17. The molecular weight excluding hydrogens is 238 g/mol. The van der Waals surface area contributed by atoms with Gasteiger partial charge in [-0.3, -0.25) is 4.79 Å². The van der Waals surface area contributed by atoms with E-state index < -0.39 is 0 Å². The fourth-order valence-corrected chi connectivity index (χ4v) is 2.23. The van der Waals surface area contributed by atoms with E-state index in [0.717, 1.165) is 4.90 Å². The van der Waals surface area contributed by atoms with Crippen LogP contribution in [0.2, 0.25) is 0 Å². The van der Waals surface area contributed by atoms with Gasteiger partial charge in [0.05, 0.1) is 18.6 Å². The van der Waals surface area contributed by atoms with Crippen molar-refractivity contribution < 1.29 is 14.3 Å². The molecule has 1 aromatic rings. The summed E-state index contributed by atoms with van der Waals surface area (Å²) < 4.78 is 10.2. The highest BCUT2D eigenvalue weighted by Crippen LogP contribution is 2.33. The third-order valence-electron chi connectivity index (χ3n) is 2.11. The summed E-state index contributed by atoms with van der Waals surface area (Å²) in [5.74, 6) is 0.447. The van der Waals surface area contributed by atoms with Crippen molar-refractivity contribution in [3.8, 4) is 5.75 Å². The van der Waals surface area contributed by atoms with Crippen LogP contribution in [0, 0.1) is 0 Å². The standard InChI is InChI=1S/C12H17NO3S/c1-4-16-12(14)8(2)17-11-6-5-9(13)7-10(11)15-3/h5-8H,4,13H2,1-3H3. The SMILES string of the molecule is CCOC(=O)C(C)Sc1ccc(N)cc1OC. The van der Waals surface area contributed by atoms with E-state index in [2.05, 4.69) is 0 Å². The van der Waals surface area contributed by atoms with Gasteiger partial charge >= 0.3 is 5.97 Å². The quantitative estimate of drug-likeness (QED) is 0.497. The van der Waals surface area contributed by atoms with Gasteiger partial charge in [0.1, 0.15) is 11.0 Å². The lowest BCUT2D eigenvalue weighted by atomic mass is 10.3. The van der Waals surface area contributed by atoms with Crippen LogP contribution in [-0.2, 0) is 9.53 Å². The molecule has 0 radical (unpaired) electrons. The van der Waals surface area contributed by atoms with Gasteiger partial charge in [-0.1, -0.05) is 0 Å². The maximum absolute atomic E-state index is 11.5. The first-order valence-corrected chi connectivity index (χ1v) is 6.23. The molecule has 17 heavy (non-hydrogen) atoms. The number of nitrogens with two attached hydrogens (primary N) is 1. The Kier molecular flexibility index (Phi) is 5.15. The first-order chi connectivity index (χ1) is 8.08. The minimum atomic E-state index is -0.271. The van der Waals surface area contributed by atoms with Gasteiger partial charge in [0.2, 0.25) is 0 Å². The molecule has 1 atom stereocenters. The van der Waals surface area contributed by atoms with Crippen molar-refractivity contribution in [3.05, 3.63) is 18.2 Å². The molecule has 0 amide bonds. The number of hydrogen-bond acceptors (Lipinski definition) is 5. The molecule has 0 aliphatic carbocycles. The molecule has 2 N–H and O–H groups in total. The number of nitrogen functional groups attached to an aromatic ring is 1. The van der Waals surface area contributed by atoms with Crippen LogP contribution in [0.15, 0.2) is 23.1 Å². The first-order valence-electron chi connectivity index (χ1n) is 5.35. The summed E-state index contributed by atoms with van der Waals surface area (Å²) in [4.78, 5) is 12.4.